The second kappa shape index (κ2) is 10.7. The van der Waals surface area contributed by atoms with Gasteiger partial charge in [-0.05, 0) is 35.6 Å². The third-order valence-electron chi connectivity index (χ3n) is 6.18. The lowest BCUT2D eigenvalue weighted by atomic mass is 10.1. The Morgan fingerprint density at radius 3 is 2.18 bits per heavy atom. The molecular formula is C28H28N4OS. The van der Waals surface area contributed by atoms with E-state index in [0.717, 1.165) is 54.5 Å². The molecule has 0 unspecified atom stereocenters. The normalized spacial score (nSPS) is 13.4. The molecule has 0 aliphatic carbocycles. The summed E-state index contributed by atoms with van der Waals surface area (Å²) in [4.78, 5) is 15.0. The molecule has 1 aliphatic heterocycles. The van der Waals surface area contributed by atoms with Crippen molar-refractivity contribution in [3.05, 3.63) is 113 Å². The zero-order valence-corrected chi connectivity index (χ0v) is 20.0. The molecule has 0 bridgehead atoms. The van der Waals surface area contributed by atoms with Crippen LogP contribution in [-0.2, 0) is 18.7 Å². The lowest BCUT2D eigenvalue weighted by Crippen LogP contribution is -2.28. The monoisotopic (exact) mass is 468 g/mol. The molecule has 1 aromatic heterocycles. The zero-order chi connectivity index (χ0) is 23.2. The summed E-state index contributed by atoms with van der Waals surface area (Å²) in [7, 11) is 0. The summed E-state index contributed by atoms with van der Waals surface area (Å²) in [6.45, 7) is 2.43. The second-order valence-electron chi connectivity index (χ2n) is 8.58. The van der Waals surface area contributed by atoms with Crippen molar-refractivity contribution in [3.63, 3.8) is 0 Å². The second-order valence-corrected chi connectivity index (χ2v) is 9.52. The van der Waals surface area contributed by atoms with Gasteiger partial charge in [0.05, 0.1) is 6.54 Å². The molecule has 0 spiro atoms. The number of aromatic nitrogens is 3. The first-order chi connectivity index (χ1) is 16.8. The molecule has 1 aliphatic rings. The van der Waals surface area contributed by atoms with E-state index in [9.17, 15) is 4.79 Å². The number of likely N-dealkylation sites (tertiary alicyclic amines) is 1. The Labute approximate surface area is 204 Å². The van der Waals surface area contributed by atoms with Crippen LogP contribution in [0.1, 0.15) is 45.7 Å². The van der Waals surface area contributed by atoms with Crippen molar-refractivity contribution in [3.8, 4) is 0 Å². The molecule has 0 saturated carbocycles. The molecule has 6 heteroatoms. The summed E-state index contributed by atoms with van der Waals surface area (Å²) in [6, 6.07) is 28.7. The Hall–Kier alpha value is -3.38. The van der Waals surface area contributed by atoms with Crippen molar-refractivity contribution in [2.24, 2.45) is 0 Å². The van der Waals surface area contributed by atoms with Gasteiger partial charge in [0, 0.05) is 30.8 Å². The summed E-state index contributed by atoms with van der Waals surface area (Å²) in [5, 5.41) is 9.99. The third-order valence-corrected chi connectivity index (χ3v) is 7.20. The van der Waals surface area contributed by atoms with Crippen LogP contribution in [-0.4, -0.2) is 38.7 Å². The Bertz CT molecular complexity index is 1230. The highest BCUT2D eigenvalue weighted by Gasteiger charge is 2.22. The Morgan fingerprint density at radius 1 is 0.794 bits per heavy atom. The minimum Gasteiger partial charge on any atom is -0.339 e. The molecule has 1 saturated heterocycles. The molecule has 0 N–H and O–H groups in total. The van der Waals surface area contributed by atoms with Crippen LogP contribution in [0, 0.1) is 0 Å². The molecule has 1 amide bonds. The Morgan fingerprint density at radius 2 is 1.44 bits per heavy atom. The van der Waals surface area contributed by atoms with Crippen LogP contribution in [0.5, 0.6) is 0 Å². The number of hydrogen-bond donors (Lipinski definition) is 0. The fraction of sp³-hybridized carbons (Fsp3) is 0.250. The first-order valence-electron chi connectivity index (χ1n) is 11.8. The van der Waals surface area contributed by atoms with E-state index in [1.165, 1.54) is 11.1 Å². The van der Waals surface area contributed by atoms with Gasteiger partial charge >= 0.3 is 0 Å². The molecule has 0 radical (unpaired) electrons. The molecular weight excluding hydrogens is 440 g/mol. The van der Waals surface area contributed by atoms with Crippen molar-refractivity contribution < 1.29 is 4.79 Å². The average molecular weight is 469 g/mol. The van der Waals surface area contributed by atoms with Gasteiger partial charge < -0.3 is 9.47 Å². The van der Waals surface area contributed by atoms with Gasteiger partial charge in [-0.2, -0.15) is 0 Å². The number of carbonyl (C=O) groups is 1. The highest BCUT2D eigenvalue weighted by Crippen LogP contribution is 2.26. The van der Waals surface area contributed by atoms with Crippen LogP contribution in [0.3, 0.4) is 0 Å². The maximum atomic E-state index is 13.1. The van der Waals surface area contributed by atoms with Crippen molar-refractivity contribution >= 4 is 17.7 Å². The molecule has 0 atom stereocenters. The number of nitrogens with zero attached hydrogens (tertiary/aromatic N) is 4. The summed E-state index contributed by atoms with van der Waals surface area (Å²) >= 11 is 1.64. The summed E-state index contributed by atoms with van der Waals surface area (Å²) < 4.78 is 2.21. The zero-order valence-electron chi connectivity index (χ0n) is 19.1. The maximum Gasteiger partial charge on any atom is 0.254 e. The van der Waals surface area contributed by atoms with Crippen LogP contribution in [0.25, 0.3) is 0 Å². The van der Waals surface area contributed by atoms with Crippen molar-refractivity contribution in [1.82, 2.24) is 19.7 Å². The van der Waals surface area contributed by atoms with E-state index in [2.05, 4.69) is 69.4 Å². The number of hydrogen-bond acceptors (Lipinski definition) is 4. The van der Waals surface area contributed by atoms with Gasteiger partial charge in [0.25, 0.3) is 5.91 Å². The molecule has 1 fully saturated rings. The Balaban J connectivity index is 1.39. The largest absolute Gasteiger partial charge is 0.339 e. The highest BCUT2D eigenvalue weighted by molar-refractivity contribution is 7.98. The molecule has 5 rings (SSSR count). The average Bonchev–Trinajstić information content (AvgIpc) is 3.55. The van der Waals surface area contributed by atoms with Gasteiger partial charge in [0.2, 0.25) is 0 Å². The van der Waals surface area contributed by atoms with Gasteiger partial charge in [0.15, 0.2) is 5.16 Å². The predicted octanol–water partition coefficient (Wildman–Crippen LogP) is 5.45. The minimum atomic E-state index is 0.143. The maximum absolute atomic E-state index is 13.1. The molecule has 3 aromatic carbocycles. The van der Waals surface area contributed by atoms with Gasteiger partial charge in [-0.3, -0.25) is 4.79 Å². The van der Waals surface area contributed by atoms with Gasteiger partial charge in [-0.25, -0.2) is 0 Å². The van der Waals surface area contributed by atoms with Gasteiger partial charge in [-0.15, -0.1) is 10.2 Å². The molecule has 34 heavy (non-hydrogen) atoms. The van der Waals surface area contributed by atoms with Crippen LogP contribution < -0.4 is 0 Å². The predicted molar refractivity (Wildman–Crippen MR) is 136 cm³/mol. The smallest absolute Gasteiger partial charge is 0.254 e. The van der Waals surface area contributed by atoms with Crippen LogP contribution in [0.4, 0.5) is 0 Å². The number of amides is 1. The third kappa shape index (κ3) is 5.23. The standard InChI is InChI=1S/C28H28N4OS/c33-27(31-17-9-10-18-31)25-16-8-7-15-24(25)21-34-28-30-29-26(19-22-11-3-1-4-12-22)32(28)20-23-13-5-2-6-14-23/h1-8,11-16H,9-10,17-21H2. The molecule has 4 aromatic rings. The van der Waals surface area contributed by atoms with Gasteiger partial charge in [-0.1, -0.05) is 90.6 Å². The van der Waals surface area contributed by atoms with Crippen molar-refractivity contribution in [2.75, 3.05) is 13.1 Å². The summed E-state index contributed by atoms with van der Waals surface area (Å²) in [5.41, 5.74) is 4.27. The summed E-state index contributed by atoms with van der Waals surface area (Å²) in [5.74, 6) is 1.76. The highest BCUT2D eigenvalue weighted by atomic mass is 32.2. The Kier molecular flexibility index (Phi) is 7.05. The SMILES string of the molecule is O=C(c1ccccc1CSc1nnc(Cc2ccccc2)n1Cc1ccccc1)N1CCCC1. The van der Waals surface area contributed by atoms with E-state index >= 15 is 0 Å². The molecule has 5 nitrogen and oxygen atoms in total. The van der Waals surface area contributed by atoms with Crippen LogP contribution in [0.15, 0.2) is 90.1 Å². The van der Waals surface area contributed by atoms with Crippen molar-refractivity contribution in [1.29, 1.82) is 0 Å². The topological polar surface area (TPSA) is 51.0 Å². The molecule has 172 valence electrons. The molecule has 2 heterocycles. The van der Waals surface area contributed by atoms with E-state index < -0.39 is 0 Å². The van der Waals surface area contributed by atoms with E-state index in [4.69, 9.17) is 0 Å². The first kappa shape index (κ1) is 22.4. The van der Waals surface area contributed by atoms with E-state index in [1.54, 1.807) is 11.8 Å². The fourth-order valence-corrected chi connectivity index (χ4v) is 5.31. The lowest BCUT2D eigenvalue weighted by Gasteiger charge is -2.17. The number of benzene rings is 3. The lowest BCUT2D eigenvalue weighted by molar-refractivity contribution is 0.0792. The van der Waals surface area contributed by atoms with Crippen LogP contribution >= 0.6 is 11.8 Å². The number of rotatable bonds is 8. The van der Waals surface area contributed by atoms with Crippen molar-refractivity contribution in [2.45, 2.75) is 36.7 Å². The number of thioether (sulfide) groups is 1. The minimum absolute atomic E-state index is 0.143. The van der Waals surface area contributed by atoms with E-state index in [0.29, 0.717) is 12.3 Å². The quantitative estimate of drug-likeness (QED) is 0.323. The summed E-state index contributed by atoms with van der Waals surface area (Å²) in [6.07, 6.45) is 2.91. The number of carbonyl (C=O) groups excluding carboxylic acids is 1. The first-order valence-corrected chi connectivity index (χ1v) is 12.8. The van der Waals surface area contributed by atoms with Gasteiger partial charge in [0.1, 0.15) is 5.82 Å². The van der Waals surface area contributed by atoms with E-state index in [-0.39, 0.29) is 5.91 Å². The van der Waals surface area contributed by atoms with E-state index in [1.807, 2.05) is 35.2 Å². The fourth-order valence-electron chi connectivity index (χ4n) is 4.35. The van der Waals surface area contributed by atoms with Crippen LogP contribution in [0.2, 0.25) is 0 Å².